The van der Waals surface area contributed by atoms with E-state index in [4.69, 9.17) is 0 Å². The molecule has 0 spiro atoms. The monoisotopic (exact) mass is 286 g/mol. The maximum atomic E-state index is 3.85. The van der Waals surface area contributed by atoms with Crippen molar-refractivity contribution in [2.75, 3.05) is 26.2 Å². The zero-order valence-electron chi connectivity index (χ0n) is 13.7. The van der Waals surface area contributed by atoms with E-state index in [1.54, 1.807) is 0 Å². The quantitative estimate of drug-likeness (QED) is 0.906. The zero-order valence-corrected chi connectivity index (χ0v) is 13.7. The highest BCUT2D eigenvalue weighted by atomic mass is 15.1. The molecule has 0 aromatic heterocycles. The normalized spacial score (nSPS) is 25.5. The zero-order chi connectivity index (χ0) is 14.7. The number of benzene rings is 1. The van der Waals surface area contributed by atoms with Crippen LogP contribution in [-0.4, -0.2) is 31.1 Å². The highest BCUT2D eigenvalue weighted by molar-refractivity contribution is 5.37. The molecular formula is C19H30N2. The van der Waals surface area contributed by atoms with Crippen LogP contribution in [0.3, 0.4) is 0 Å². The number of nitrogens with one attached hydrogen (secondary N) is 1. The Kier molecular flexibility index (Phi) is 4.66. The van der Waals surface area contributed by atoms with Crippen LogP contribution in [0.2, 0.25) is 0 Å². The van der Waals surface area contributed by atoms with Gasteiger partial charge in [0.1, 0.15) is 0 Å². The molecular weight excluding hydrogens is 256 g/mol. The predicted molar refractivity (Wildman–Crippen MR) is 89.6 cm³/mol. The van der Waals surface area contributed by atoms with Gasteiger partial charge in [-0.15, -0.1) is 0 Å². The Balaban J connectivity index is 1.57. The second kappa shape index (κ2) is 6.50. The molecule has 1 heterocycles. The molecule has 2 nitrogen and oxygen atoms in total. The molecule has 0 radical (unpaired) electrons. The van der Waals surface area contributed by atoms with Gasteiger partial charge < -0.3 is 10.2 Å². The third-order valence-electron chi connectivity index (χ3n) is 5.27. The molecule has 3 rings (SSSR count). The van der Waals surface area contributed by atoms with E-state index in [0.29, 0.717) is 11.5 Å². The van der Waals surface area contributed by atoms with Crippen molar-refractivity contribution in [1.82, 2.24) is 10.2 Å². The molecule has 2 aliphatic rings. The molecule has 0 saturated carbocycles. The number of fused-ring (bicyclic) bond motifs is 1. The Labute approximate surface area is 129 Å². The summed E-state index contributed by atoms with van der Waals surface area (Å²) >= 11 is 0. The third-order valence-corrected chi connectivity index (χ3v) is 5.27. The van der Waals surface area contributed by atoms with Crippen molar-refractivity contribution >= 4 is 0 Å². The molecule has 1 atom stereocenters. The van der Waals surface area contributed by atoms with Crippen LogP contribution < -0.4 is 5.32 Å². The van der Waals surface area contributed by atoms with Crippen LogP contribution in [0.4, 0.5) is 0 Å². The SMILES string of the molecule is CC1(C)Cc2ccccc2C1NCCN1CCCCCC1. The van der Waals surface area contributed by atoms with Gasteiger partial charge in [0.25, 0.3) is 0 Å². The van der Waals surface area contributed by atoms with Crippen LogP contribution in [0, 0.1) is 5.41 Å². The molecule has 1 aliphatic carbocycles. The van der Waals surface area contributed by atoms with Crippen LogP contribution in [0.5, 0.6) is 0 Å². The molecule has 0 bridgehead atoms. The van der Waals surface area contributed by atoms with Gasteiger partial charge in [-0.05, 0) is 48.9 Å². The van der Waals surface area contributed by atoms with E-state index in [2.05, 4.69) is 48.3 Å². The molecule has 2 heteroatoms. The van der Waals surface area contributed by atoms with Crippen LogP contribution in [0.1, 0.15) is 56.7 Å². The molecule has 1 N–H and O–H groups in total. The standard InChI is InChI=1S/C19H30N2/c1-19(2)15-16-9-5-6-10-17(16)18(19)20-11-14-21-12-7-3-4-8-13-21/h5-6,9-10,18,20H,3-4,7-8,11-15H2,1-2H3. The summed E-state index contributed by atoms with van der Waals surface area (Å²) in [5, 5.41) is 3.85. The Hall–Kier alpha value is -0.860. The molecule has 1 saturated heterocycles. The molecule has 116 valence electrons. The van der Waals surface area contributed by atoms with E-state index >= 15 is 0 Å². The summed E-state index contributed by atoms with van der Waals surface area (Å²) in [5.74, 6) is 0. The van der Waals surface area contributed by atoms with Gasteiger partial charge in [0.05, 0.1) is 0 Å². The Morgan fingerprint density at radius 1 is 1.10 bits per heavy atom. The fourth-order valence-electron chi connectivity index (χ4n) is 4.10. The van der Waals surface area contributed by atoms with Crippen molar-refractivity contribution in [3.63, 3.8) is 0 Å². The minimum Gasteiger partial charge on any atom is -0.308 e. The number of hydrogen-bond acceptors (Lipinski definition) is 2. The maximum Gasteiger partial charge on any atom is 0.0378 e. The van der Waals surface area contributed by atoms with Crippen molar-refractivity contribution in [3.8, 4) is 0 Å². The average Bonchev–Trinajstić information content (AvgIpc) is 2.63. The fraction of sp³-hybridized carbons (Fsp3) is 0.684. The van der Waals surface area contributed by atoms with E-state index in [0.717, 1.165) is 6.54 Å². The average molecular weight is 286 g/mol. The summed E-state index contributed by atoms with van der Waals surface area (Å²) in [4.78, 5) is 2.65. The van der Waals surface area contributed by atoms with Gasteiger partial charge in [-0.25, -0.2) is 0 Å². The van der Waals surface area contributed by atoms with Gasteiger partial charge >= 0.3 is 0 Å². The first-order chi connectivity index (χ1) is 10.2. The Morgan fingerprint density at radius 2 is 1.81 bits per heavy atom. The summed E-state index contributed by atoms with van der Waals surface area (Å²) in [6, 6.07) is 9.49. The van der Waals surface area contributed by atoms with Crippen LogP contribution in [0.15, 0.2) is 24.3 Å². The molecule has 1 fully saturated rings. The van der Waals surface area contributed by atoms with Crippen molar-refractivity contribution in [3.05, 3.63) is 35.4 Å². The highest BCUT2D eigenvalue weighted by Crippen LogP contribution is 2.44. The minimum atomic E-state index is 0.336. The first-order valence-electron chi connectivity index (χ1n) is 8.70. The van der Waals surface area contributed by atoms with E-state index in [1.165, 1.54) is 62.9 Å². The molecule has 1 unspecified atom stereocenters. The van der Waals surface area contributed by atoms with Gasteiger partial charge in [-0.3, -0.25) is 0 Å². The number of rotatable bonds is 4. The summed E-state index contributed by atoms with van der Waals surface area (Å²) in [6.07, 6.45) is 6.82. The fourth-order valence-corrected chi connectivity index (χ4v) is 4.10. The highest BCUT2D eigenvalue weighted by Gasteiger charge is 2.38. The van der Waals surface area contributed by atoms with Gasteiger partial charge in [-0.2, -0.15) is 0 Å². The number of hydrogen-bond donors (Lipinski definition) is 1. The second-order valence-electron chi connectivity index (χ2n) is 7.51. The second-order valence-corrected chi connectivity index (χ2v) is 7.51. The third kappa shape index (κ3) is 3.49. The van der Waals surface area contributed by atoms with Gasteiger partial charge in [0.15, 0.2) is 0 Å². The molecule has 0 amide bonds. The lowest BCUT2D eigenvalue weighted by Crippen LogP contribution is -2.37. The van der Waals surface area contributed by atoms with Crippen LogP contribution >= 0.6 is 0 Å². The van der Waals surface area contributed by atoms with Gasteiger partial charge in [0.2, 0.25) is 0 Å². The first kappa shape index (κ1) is 15.1. The summed E-state index contributed by atoms with van der Waals surface area (Å²) in [5.41, 5.74) is 3.40. The summed E-state index contributed by atoms with van der Waals surface area (Å²) < 4.78 is 0. The minimum absolute atomic E-state index is 0.336. The van der Waals surface area contributed by atoms with Crippen molar-refractivity contribution < 1.29 is 0 Å². The molecule has 21 heavy (non-hydrogen) atoms. The number of likely N-dealkylation sites (tertiary alicyclic amines) is 1. The first-order valence-corrected chi connectivity index (χ1v) is 8.70. The molecule has 1 aromatic carbocycles. The van der Waals surface area contributed by atoms with Crippen LogP contribution in [0.25, 0.3) is 0 Å². The van der Waals surface area contributed by atoms with Crippen LogP contribution in [-0.2, 0) is 6.42 Å². The summed E-state index contributed by atoms with van der Waals surface area (Å²) in [6.45, 7) is 9.71. The van der Waals surface area contributed by atoms with E-state index in [-0.39, 0.29) is 0 Å². The molecule has 1 aliphatic heterocycles. The van der Waals surface area contributed by atoms with E-state index < -0.39 is 0 Å². The summed E-state index contributed by atoms with van der Waals surface area (Å²) in [7, 11) is 0. The smallest absolute Gasteiger partial charge is 0.0378 e. The van der Waals surface area contributed by atoms with Gasteiger partial charge in [0, 0.05) is 19.1 Å². The van der Waals surface area contributed by atoms with E-state index in [9.17, 15) is 0 Å². The van der Waals surface area contributed by atoms with Gasteiger partial charge in [-0.1, -0.05) is 51.0 Å². The predicted octanol–water partition coefficient (Wildman–Crippen LogP) is 3.78. The lowest BCUT2D eigenvalue weighted by atomic mass is 9.85. The topological polar surface area (TPSA) is 15.3 Å². The number of nitrogens with zero attached hydrogens (tertiary/aromatic N) is 1. The Bertz CT molecular complexity index is 458. The van der Waals surface area contributed by atoms with Crippen molar-refractivity contribution in [2.24, 2.45) is 5.41 Å². The Morgan fingerprint density at radius 3 is 2.57 bits per heavy atom. The van der Waals surface area contributed by atoms with Crippen molar-refractivity contribution in [1.29, 1.82) is 0 Å². The lowest BCUT2D eigenvalue weighted by Gasteiger charge is -2.30. The molecule has 1 aromatic rings. The largest absolute Gasteiger partial charge is 0.308 e. The lowest BCUT2D eigenvalue weighted by molar-refractivity contribution is 0.239. The van der Waals surface area contributed by atoms with Crippen molar-refractivity contribution in [2.45, 2.75) is 52.0 Å². The maximum absolute atomic E-state index is 3.85. The van der Waals surface area contributed by atoms with E-state index in [1.807, 2.05) is 0 Å².